The predicted octanol–water partition coefficient (Wildman–Crippen LogP) is 2.89. The Labute approximate surface area is 121 Å². The van der Waals surface area contributed by atoms with Gasteiger partial charge in [0.05, 0.1) is 24.1 Å². The Hall–Kier alpha value is -2.32. The Bertz CT molecular complexity index is 651. The van der Waals surface area contributed by atoms with E-state index >= 15 is 0 Å². The van der Waals surface area contributed by atoms with Gasteiger partial charge < -0.3 is 4.74 Å². The molecule has 0 saturated heterocycles. The molecule has 20 heavy (non-hydrogen) atoms. The SMILES string of the molecule is COC(=O)CSc1nc(-c2ccccc2)ccc1C#N. The van der Waals surface area contributed by atoms with Crippen LogP contribution in [0.4, 0.5) is 0 Å². The van der Waals surface area contributed by atoms with E-state index in [1.807, 2.05) is 30.3 Å². The number of thioether (sulfide) groups is 1. The molecule has 0 unspecified atom stereocenters. The summed E-state index contributed by atoms with van der Waals surface area (Å²) in [7, 11) is 1.34. The summed E-state index contributed by atoms with van der Waals surface area (Å²) < 4.78 is 4.59. The van der Waals surface area contributed by atoms with E-state index in [4.69, 9.17) is 5.26 Å². The van der Waals surface area contributed by atoms with Crippen LogP contribution in [0.2, 0.25) is 0 Å². The molecule has 0 spiro atoms. The lowest BCUT2D eigenvalue weighted by atomic mass is 10.1. The van der Waals surface area contributed by atoms with Gasteiger partial charge in [0.15, 0.2) is 0 Å². The molecule has 0 aliphatic carbocycles. The van der Waals surface area contributed by atoms with E-state index in [1.54, 1.807) is 12.1 Å². The number of rotatable bonds is 4. The number of pyridine rings is 1. The molecule has 2 rings (SSSR count). The minimum Gasteiger partial charge on any atom is -0.468 e. The number of hydrogen-bond acceptors (Lipinski definition) is 5. The van der Waals surface area contributed by atoms with Gasteiger partial charge in [-0.15, -0.1) is 0 Å². The molecular formula is C15H12N2O2S. The van der Waals surface area contributed by atoms with Crippen LogP contribution in [0.1, 0.15) is 5.56 Å². The molecular weight excluding hydrogens is 272 g/mol. The van der Waals surface area contributed by atoms with E-state index < -0.39 is 0 Å². The Morgan fingerprint density at radius 2 is 2.05 bits per heavy atom. The van der Waals surface area contributed by atoms with Crippen molar-refractivity contribution in [2.45, 2.75) is 5.03 Å². The highest BCUT2D eigenvalue weighted by atomic mass is 32.2. The van der Waals surface area contributed by atoms with Crippen molar-refractivity contribution >= 4 is 17.7 Å². The van der Waals surface area contributed by atoms with Crippen molar-refractivity contribution in [1.29, 1.82) is 5.26 Å². The number of carbonyl (C=O) groups is 1. The van der Waals surface area contributed by atoms with Crippen LogP contribution in [0.3, 0.4) is 0 Å². The van der Waals surface area contributed by atoms with Gasteiger partial charge in [0, 0.05) is 5.56 Å². The second kappa shape index (κ2) is 6.73. The number of nitriles is 1. The fourth-order valence-electron chi connectivity index (χ4n) is 1.59. The molecule has 1 aromatic carbocycles. The van der Waals surface area contributed by atoms with Crippen molar-refractivity contribution in [3.8, 4) is 17.3 Å². The van der Waals surface area contributed by atoms with E-state index in [1.165, 1.54) is 18.9 Å². The van der Waals surface area contributed by atoms with Gasteiger partial charge in [-0.2, -0.15) is 5.26 Å². The number of esters is 1. The summed E-state index contributed by atoms with van der Waals surface area (Å²) in [5.41, 5.74) is 2.20. The molecule has 0 bridgehead atoms. The van der Waals surface area contributed by atoms with Gasteiger partial charge in [0.1, 0.15) is 11.1 Å². The van der Waals surface area contributed by atoms with Gasteiger partial charge in [-0.1, -0.05) is 42.1 Å². The van der Waals surface area contributed by atoms with Gasteiger partial charge in [-0.25, -0.2) is 4.98 Å². The van der Waals surface area contributed by atoms with Crippen LogP contribution in [0, 0.1) is 11.3 Å². The molecule has 0 aliphatic rings. The lowest BCUT2D eigenvalue weighted by molar-refractivity contribution is -0.137. The topological polar surface area (TPSA) is 63.0 Å². The first-order valence-electron chi connectivity index (χ1n) is 5.91. The maximum absolute atomic E-state index is 11.2. The average molecular weight is 284 g/mol. The number of carbonyl (C=O) groups excluding carboxylic acids is 1. The first-order chi connectivity index (χ1) is 9.74. The van der Waals surface area contributed by atoms with Crippen molar-refractivity contribution in [2.24, 2.45) is 0 Å². The number of nitrogens with zero attached hydrogens (tertiary/aromatic N) is 2. The minimum atomic E-state index is -0.342. The number of methoxy groups -OCH3 is 1. The van der Waals surface area contributed by atoms with E-state index in [2.05, 4.69) is 15.8 Å². The third-order valence-electron chi connectivity index (χ3n) is 2.60. The van der Waals surface area contributed by atoms with Crippen LogP contribution in [-0.2, 0) is 9.53 Å². The highest BCUT2D eigenvalue weighted by molar-refractivity contribution is 7.99. The summed E-state index contributed by atoms with van der Waals surface area (Å²) in [4.78, 5) is 15.6. The summed E-state index contributed by atoms with van der Waals surface area (Å²) >= 11 is 1.20. The summed E-state index contributed by atoms with van der Waals surface area (Å²) in [6.45, 7) is 0. The van der Waals surface area contributed by atoms with Crippen LogP contribution >= 0.6 is 11.8 Å². The zero-order valence-corrected chi connectivity index (χ0v) is 11.7. The molecule has 0 N–H and O–H groups in total. The zero-order chi connectivity index (χ0) is 14.4. The number of hydrogen-bond donors (Lipinski definition) is 0. The summed E-state index contributed by atoms with van der Waals surface area (Å²) in [5, 5.41) is 9.62. The van der Waals surface area contributed by atoms with Crippen molar-refractivity contribution in [2.75, 3.05) is 12.9 Å². The molecule has 0 atom stereocenters. The van der Waals surface area contributed by atoms with Crippen LogP contribution in [0.5, 0.6) is 0 Å². The average Bonchev–Trinajstić information content (AvgIpc) is 2.53. The maximum atomic E-state index is 11.2. The van der Waals surface area contributed by atoms with Crippen LogP contribution in [0.25, 0.3) is 11.3 Å². The van der Waals surface area contributed by atoms with Gasteiger partial charge in [-0.3, -0.25) is 4.79 Å². The number of benzene rings is 1. The van der Waals surface area contributed by atoms with Crippen LogP contribution in [-0.4, -0.2) is 23.8 Å². The predicted molar refractivity (Wildman–Crippen MR) is 77.1 cm³/mol. The molecule has 0 saturated carbocycles. The minimum absolute atomic E-state index is 0.135. The van der Waals surface area contributed by atoms with Crippen LogP contribution in [0.15, 0.2) is 47.5 Å². The molecule has 0 amide bonds. The molecule has 0 fully saturated rings. The number of ether oxygens (including phenoxy) is 1. The highest BCUT2D eigenvalue weighted by Gasteiger charge is 2.10. The quantitative estimate of drug-likeness (QED) is 0.638. The lowest BCUT2D eigenvalue weighted by Gasteiger charge is -2.06. The summed E-state index contributed by atoms with van der Waals surface area (Å²) in [5.74, 6) is -0.207. The molecule has 100 valence electrons. The van der Waals surface area contributed by atoms with Crippen molar-refractivity contribution in [3.63, 3.8) is 0 Å². The fourth-order valence-corrected chi connectivity index (χ4v) is 2.40. The largest absolute Gasteiger partial charge is 0.468 e. The molecule has 0 aliphatic heterocycles. The van der Waals surface area contributed by atoms with Crippen LogP contribution < -0.4 is 0 Å². The normalized spacial score (nSPS) is 9.80. The van der Waals surface area contributed by atoms with E-state index in [-0.39, 0.29) is 11.7 Å². The van der Waals surface area contributed by atoms with Gasteiger partial charge in [0.25, 0.3) is 0 Å². The van der Waals surface area contributed by atoms with Gasteiger partial charge >= 0.3 is 5.97 Å². The standard InChI is InChI=1S/C15H12N2O2S/c1-19-14(18)10-20-15-12(9-16)7-8-13(17-15)11-5-3-2-4-6-11/h2-8H,10H2,1H3. The lowest BCUT2D eigenvalue weighted by Crippen LogP contribution is -2.04. The van der Waals surface area contributed by atoms with E-state index in [0.717, 1.165) is 11.3 Å². The third kappa shape index (κ3) is 3.37. The van der Waals surface area contributed by atoms with E-state index in [9.17, 15) is 4.79 Å². The van der Waals surface area contributed by atoms with Crippen molar-refractivity contribution in [1.82, 2.24) is 4.98 Å². The Morgan fingerprint density at radius 3 is 2.70 bits per heavy atom. The molecule has 1 aromatic heterocycles. The third-order valence-corrected chi connectivity index (χ3v) is 3.57. The second-order valence-electron chi connectivity index (χ2n) is 3.89. The molecule has 1 heterocycles. The smallest absolute Gasteiger partial charge is 0.316 e. The number of aromatic nitrogens is 1. The maximum Gasteiger partial charge on any atom is 0.316 e. The Balaban J connectivity index is 2.30. The summed E-state index contributed by atoms with van der Waals surface area (Å²) in [6, 6.07) is 15.3. The molecule has 2 aromatic rings. The Kier molecular flexibility index (Phi) is 4.75. The first-order valence-corrected chi connectivity index (χ1v) is 6.89. The van der Waals surface area contributed by atoms with Gasteiger partial charge in [0.2, 0.25) is 0 Å². The van der Waals surface area contributed by atoms with Crippen molar-refractivity contribution < 1.29 is 9.53 Å². The second-order valence-corrected chi connectivity index (χ2v) is 4.86. The fraction of sp³-hybridized carbons (Fsp3) is 0.133. The van der Waals surface area contributed by atoms with Gasteiger partial charge in [-0.05, 0) is 12.1 Å². The van der Waals surface area contributed by atoms with E-state index in [0.29, 0.717) is 10.6 Å². The monoisotopic (exact) mass is 284 g/mol. The first kappa shape index (κ1) is 14.1. The molecule has 0 radical (unpaired) electrons. The summed E-state index contributed by atoms with van der Waals surface area (Å²) in [6.07, 6.45) is 0. The zero-order valence-electron chi connectivity index (χ0n) is 10.9. The molecule has 4 nitrogen and oxygen atoms in total. The Morgan fingerprint density at radius 1 is 1.30 bits per heavy atom. The highest BCUT2D eigenvalue weighted by Crippen LogP contribution is 2.25. The van der Waals surface area contributed by atoms with Crippen molar-refractivity contribution in [3.05, 3.63) is 48.0 Å². The molecule has 5 heteroatoms.